The van der Waals surface area contributed by atoms with Gasteiger partial charge in [0.15, 0.2) is 0 Å². The number of anilines is 2. The molecule has 5 rings (SSSR count). The van der Waals surface area contributed by atoms with Crippen molar-refractivity contribution in [3.63, 3.8) is 0 Å². The number of para-hydroxylation sites is 1. The molecule has 0 radical (unpaired) electrons. The Morgan fingerprint density at radius 1 is 1.00 bits per heavy atom. The standard InChI is InChI=1S/C27H19N9O/c28-15-18-5-4-8-22-24(18)27(37)36(20-6-2-1-3-7-20)23(35-22)11-12-32-26-21(25(29)33-17-34-26)10-9-19-16-30-13-14-31-19/h1-8,13-14,16-17H,11-12H2,(H3,29,32,33,34). The average Bonchev–Trinajstić information content (AvgIpc) is 2.93. The van der Waals surface area contributed by atoms with Crippen LogP contribution in [0.15, 0.2) is 78.2 Å². The summed E-state index contributed by atoms with van der Waals surface area (Å²) in [6.07, 6.45) is 6.39. The maximum absolute atomic E-state index is 13.6. The summed E-state index contributed by atoms with van der Waals surface area (Å²) < 4.78 is 1.54. The lowest BCUT2D eigenvalue weighted by molar-refractivity contribution is 0.809. The Balaban J connectivity index is 1.49. The first-order valence-electron chi connectivity index (χ1n) is 11.3. The van der Waals surface area contributed by atoms with E-state index in [0.29, 0.717) is 47.1 Å². The molecule has 3 aromatic heterocycles. The number of rotatable bonds is 5. The van der Waals surface area contributed by atoms with Crippen molar-refractivity contribution in [1.82, 2.24) is 29.5 Å². The molecule has 0 aliphatic rings. The molecule has 0 amide bonds. The molecule has 3 N–H and O–H groups in total. The van der Waals surface area contributed by atoms with Crippen molar-refractivity contribution in [2.45, 2.75) is 6.42 Å². The van der Waals surface area contributed by atoms with Crippen LogP contribution in [0.2, 0.25) is 0 Å². The molecule has 0 saturated heterocycles. The lowest BCUT2D eigenvalue weighted by Crippen LogP contribution is -2.26. The minimum absolute atomic E-state index is 0.225. The van der Waals surface area contributed by atoms with Gasteiger partial charge in [0.1, 0.15) is 41.1 Å². The van der Waals surface area contributed by atoms with Crippen LogP contribution >= 0.6 is 0 Å². The Morgan fingerprint density at radius 2 is 1.86 bits per heavy atom. The van der Waals surface area contributed by atoms with Gasteiger partial charge in [0.25, 0.3) is 5.56 Å². The zero-order valence-corrected chi connectivity index (χ0v) is 19.5. The van der Waals surface area contributed by atoms with Gasteiger partial charge in [-0.1, -0.05) is 30.2 Å². The number of aromatic nitrogens is 6. The van der Waals surface area contributed by atoms with Gasteiger partial charge in [-0.15, -0.1) is 0 Å². The molecule has 37 heavy (non-hydrogen) atoms. The number of fused-ring (bicyclic) bond motifs is 1. The highest BCUT2D eigenvalue weighted by Gasteiger charge is 2.16. The van der Waals surface area contributed by atoms with E-state index < -0.39 is 0 Å². The Morgan fingerprint density at radius 3 is 2.65 bits per heavy atom. The zero-order chi connectivity index (χ0) is 25.6. The van der Waals surface area contributed by atoms with Crippen LogP contribution in [0.25, 0.3) is 16.6 Å². The summed E-state index contributed by atoms with van der Waals surface area (Å²) in [7, 11) is 0. The lowest BCUT2D eigenvalue weighted by atomic mass is 10.1. The quantitative estimate of drug-likeness (QED) is 0.358. The Bertz CT molecular complexity index is 1750. The largest absolute Gasteiger partial charge is 0.382 e. The van der Waals surface area contributed by atoms with Crippen LogP contribution in [0.1, 0.15) is 22.6 Å². The van der Waals surface area contributed by atoms with E-state index in [1.165, 1.54) is 10.9 Å². The number of nitrogens with one attached hydrogen (secondary N) is 1. The number of nitrogens with zero attached hydrogens (tertiary/aromatic N) is 7. The fourth-order valence-corrected chi connectivity index (χ4v) is 3.82. The van der Waals surface area contributed by atoms with Crippen LogP contribution in [0.3, 0.4) is 0 Å². The minimum atomic E-state index is -0.301. The maximum atomic E-state index is 13.6. The van der Waals surface area contributed by atoms with Crippen LogP contribution in [0.5, 0.6) is 0 Å². The molecule has 0 unspecified atom stereocenters. The molecule has 0 atom stereocenters. The number of benzene rings is 2. The second-order valence-electron chi connectivity index (χ2n) is 7.82. The van der Waals surface area contributed by atoms with Crippen molar-refractivity contribution >= 4 is 22.5 Å². The highest BCUT2D eigenvalue weighted by atomic mass is 16.1. The number of nitriles is 1. The molecular formula is C27H19N9O. The van der Waals surface area contributed by atoms with Crippen molar-refractivity contribution in [3.8, 4) is 23.6 Å². The second kappa shape index (κ2) is 10.3. The highest BCUT2D eigenvalue weighted by molar-refractivity contribution is 5.84. The van der Waals surface area contributed by atoms with E-state index in [0.717, 1.165) is 0 Å². The monoisotopic (exact) mass is 485 g/mol. The highest BCUT2D eigenvalue weighted by Crippen LogP contribution is 2.18. The Labute approximate surface area is 211 Å². The van der Waals surface area contributed by atoms with Gasteiger partial charge >= 0.3 is 0 Å². The Kier molecular flexibility index (Phi) is 6.47. The Hall–Kier alpha value is -5.61. The van der Waals surface area contributed by atoms with E-state index in [1.807, 2.05) is 30.3 Å². The average molecular weight is 486 g/mol. The topological polar surface area (TPSA) is 148 Å². The second-order valence-corrected chi connectivity index (χ2v) is 7.82. The summed E-state index contributed by atoms with van der Waals surface area (Å²) >= 11 is 0. The van der Waals surface area contributed by atoms with Crippen LogP contribution in [0, 0.1) is 23.2 Å². The van der Waals surface area contributed by atoms with Gasteiger partial charge in [-0.3, -0.25) is 14.3 Å². The first kappa shape index (κ1) is 23.1. The van der Waals surface area contributed by atoms with Gasteiger partial charge in [-0.2, -0.15) is 5.26 Å². The molecule has 0 aliphatic heterocycles. The summed E-state index contributed by atoms with van der Waals surface area (Å²) in [4.78, 5) is 34.8. The van der Waals surface area contributed by atoms with Gasteiger partial charge in [0, 0.05) is 25.4 Å². The normalized spacial score (nSPS) is 10.4. The maximum Gasteiger partial charge on any atom is 0.267 e. The van der Waals surface area contributed by atoms with E-state index in [1.54, 1.807) is 36.8 Å². The molecule has 0 fully saturated rings. The molecule has 10 nitrogen and oxygen atoms in total. The third kappa shape index (κ3) is 4.81. The van der Waals surface area contributed by atoms with Crippen LogP contribution in [-0.2, 0) is 6.42 Å². The molecule has 3 heterocycles. The SMILES string of the molecule is N#Cc1cccc2nc(CCNc3ncnc(N)c3C#Cc3cnccn3)n(-c3ccccc3)c(=O)c12. The smallest absolute Gasteiger partial charge is 0.267 e. The van der Waals surface area contributed by atoms with Gasteiger partial charge in [0.2, 0.25) is 0 Å². The first-order valence-corrected chi connectivity index (χ1v) is 11.3. The first-order chi connectivity index (χ1) is 18.2. The van der Waals surface area contributed by atoms with E-state index in [2.05, 4.69) is 43.2 Å². The molecule has 2 aromatic carbocycles. The molecule has 0 aliphatic carbocycles. The van der Waals surface area contributed by atoms with Crippen molar-refractivity contribution in [2.24, 2.45) is 0 Å². The van der Waals surface area contributed by atoms with E-state index in [4.69, 9.17) is 10.7 Å². The van der Waals surface area contributed by atoms with Gasteiger partial charge in [-0.05, 0) is 30.2 Å². The summed E-state index contributed by atoms with van der Waals surface area (Å²) in [5.74, 6) is 7.08. The number of nitrogen functional groups attached to an aromatic ring is 1. The molecule has 10 heteroatoms. The van der Waals surface area contributed by atoms with Gasteiger partial charge in [0.05, 0.1) is 28.4 Å². The number of hydrogen-bond donors (Lipinski definition) is 2. The summed E-state index contributed by atoms with van der Waals surface area (Å²) in [6, 6.07) is 16.4. The molecular weight excluding hydrogens is 466 g/mol. The van der Waals surface area contributed by atoms with Crippen molar-refractivity contribution in [1.29, 1.82) is 5.26 Å². The number of nitrogens with two attached hydrogens (primary N) is 1. The van der Waals surface area contributed by atoms with Crippen LogP contribution in [-0.4, -0.2) is 36.0 Å². The van der Waals surface area contributed by atoms with E-state index in [-0.39, 0.29) is 22.3 Å². The van der Waals surface area contributed by atoms with Gasteiger partial charge < -0.3 is 11.1 Å². The molecule has 0 bridgehead atoms. The van der Waals surface area contributed by atoms with Crippen molar-refractivity contribution in [3.05, 3.63) is 106 Å². The van der Waals surface area contributed by atoms with E-state index in [9.17, 15) is 10.1 Å². The third-order valence-electron chi connectivity index (χ3n) is 5.50. The third-order valence-corrected chi connectivity index (χ3v) is 5.50. The van der Waals surface area contributed by atoms with E-state index >= 15 is 0 Å². The van der Waals surface area contributed by atoms with Crippen molar-refractivity contribution < 1.29 is 0 Å². The molecule has 5 aromatic rings. The van der Waals surface area contributed by atoms with Gasteiger partial charge in [-0.25, -0.2) is 19.9 Å². The minimum Gasteiger partial charge on any atom is -0.382 e. The van der Waals surface area contributed by atoms with Crippen LogP contribution < -0.4 is 16.6 Å². The van der Waals surface area contributed by atoms with Crippen molar-refractivity contribution in [2.75, 3.05) is 17.6 Å². The van der Waals surface area contributed by atoms with Crippen LogP contribution in [0.4, 0.5) is 11.6 Å². The summed E-state index contributed by atoms with van der Waals surface area (Å²) in [6.45, 7) is 0.374. The molecule has 178 valence electrons. The zero-order valence-electron chi connectivity index (χ0n) is 19.5. The summed E-state index contributed by atoms with van der Waals surface area (Å²) in [5.41, 5.74) is 8.09. The molecule has 0 spiro atoms. The fraction of sp³-hybridized carbons (Fsp3) is 0.0741. The summed E-state index contributed by atoms with van der Waals surface area (Å²) in [5, 5.41) is 13.1. The number of hydrogen-bond acceptors (Lipinski definition) is 9. The lowest BCUT2D eigenvalue weighted by Gasteiger charge is -2.15. The predicted octanol–water partition coefficient (Wildman–Crippen LogP) is 2.47. The predicted molar refractivity (Wildman–Crippen MR) is 139 cm³/mol. The fourth-order valence-electron chi connectivity index (χ4n) is 3.82. The molecule has 0 saturated carbocycles.